The number of hydrogen-bond acceptors (Lipinski definition) is 4. The monoisotopic (exact) mass is 278 g/mol. The normalized spacial score (nSPS) is 10.2. The fraction of sp³-hybridized carbons (Fsp3) is 0.429. The van der Waals surface area contributed by atoms with Gasteiger partial charge in [0.2, 0.25) is 5.91 Å². The maximum atomic E-state index is 11.9. The van der Waals surface area contributed by atoms with Crippen molar-refractivity contribution in [2.75, 3.05) is 18.5 Å². The van der Waals surface area contributed by atoms with Crippen molar-refractivity contribution >= 4 is 17.5 Å². The molecule has 0 aromatic heterocycles. The lowest BCUT2D eigenvalue weighted by molar-refractivity contribution is -0.121. The Kier molecular flexibility index (Phi) is 6.52. The van der Waals surface area contributed by atoms with E-state index in [4.69, 9.17) is 5.84 Å². The fourth-order valence-corrected chi connectivity index (χ4v) is 1.60. The number of benzene rings is 1. The van der Waals surface area contributed by atoms with Gasteiger partial charge in [-0.2, -0.15) is 0 Å². The molecule has 1 aromatic carbocycles. The summed E-state index contributed by atoms with van der Waals surface area (Å²) in [6.45, 7) is 4.99. The summed E-state index contributed by atoms with van der Waals surface area (Å²) in [6, 6.07) is 6.92. The largest absolute Gasteiger partial charge is 0.356 e. The summed E-state index contributed by atoms with van der Waals surface area (Å²) in [5, 5.41) is 5.49. The lowest BCUT2D eigenvalue weighted by atomic mass is 10.1. The van der Waals surface area contributed by atoms with Crippen molar-refractivity contribution in [2.45, 2.75) is 20.3 Å². The maximum absolute atomic E-state index is 11.9. The van der Waals surface area contributed by atoms with Crippen LogP contribution in [0.2, 0.25) is 0 Å². The molecule has 0 spiro atoms. The molecule has 0 saturated carbocycles. The lowest BCUT2D eigenvalue weighted by Crippen LogP contribution is -2.32. The number of carbonyl (C=O) groups is 2. The quantitative estimate of drug-likeness (QED) is 0.439. The third-order valence-corrected chi connectivity index (χ3v) is 2.67. The van der Waals surface area contributed by atoms with Crippen molar-refractivity contribution in [1.29, 1.82) is 0 Å². The van der Waals surface area contributed by atoms with Gasteiger partial charge in [0.1, 0.15) is 0 Å². The highest BCUT2D eigenvalue weighted by molar-refractivity contribution is 5.99. The first-order chi connectivity index (χ1) is 9.54. The minimum absolute atomic E-state index is 0.0655. The number of anilines is 1. The van der Waals surface area contributed by atoms with Crippen LogP contribution in [0, 0.1) is 5.92 Å². The third kappa shape index (κ3) is 5.27. The Morgan fingerprint density at radius 3 is 2.55 bits per heavy atom. The Morgan fingerprint density at radius 1 is 1.20 bits per heavy atom. The van der Waals surface area contributed by atoms with Crippen molar-refractivity contribution in [3.63, 3.8) is 0 Å². The maximum Gasteiger partial charge on any atom is 0.253 e. The smallest absolute Gasteiger partial charge is 0.253 e. The van der Waals surface area contributed by atoms with Gasteiger partial charge in [-0.3, -0.25) is 15.4 Å². The van der Waals surface area contributed by atoms with Gasteiger partial charge >= 0.3 is 0 Å². The number of para-hydroxylation sites is 1. The van der Waals surface area contributed by atoms with Gasteiger partial charge in [-0.1, -0.05) is 26.0 Å². The minimum Gasteiger partial charge on any atom is -0.356 e. The van der Waals surface area contributed by atoms with E-state index in [-0.39, 0.29) is 18.2 Å². The highest BCUT2D eigenvalue weighted by Crippen LogP contribution is 2.12. The van der Waals surface area contributed by atoms with Crippen LogP contribution in [0.4, 0.5) is 5.69 Å². The van der Waals surface area contributed by atoms with Crippen LogP contribution in [0.5, 0.6) is 0 Å². The van der Waals surface area contributed by atoms with Gasteiger partial charge in [-0.05, 0) is 18.1 Å². The van der Waals surface area contributed by atoms with Crippen molar-refractivity contribution in [3.8, 4) is 0 Å². The molecule has 1 rings (SSSR count). The van der Waals surface area contributed by atoms with Crippen LogP contribution in [0.1, 0.15) is 30.6 Å². The topological polar surface area (TPSA) is 96.2 Å². The van der Waals surface area contributed by atoms with Crippen LogP contribution in [0.25, 0.3) is 0 Å². The van der Waals surface area contributed by atoms with E-state index >= 15 is 0 Å². The zero-order chi connectivity index (χ0) is 15.0. The molecule has 0 bridgehead atoms. The van der Waals surface area contributed by atoms with Crippen LogP contribution in [-0.2, 0) is 4.79 Å². The van der Waals surface area contributed by atoms with Gasteiger partial charge in [0.15, 0.2) is 0 Å². The molecule has 0 unspecified atom stereocenters. The Bertz CT molecular complexity index is 460. The summed E-state index contributed by atoms with van der Waals surface area (Å²) >= 11 is 0. The van der Waals surface area contributed by atoms with E-state index in [0.717, 1.165) is 0 Å². The molecule has 0 heterocycles. The molecule has 0 radical (unpaired) electrons. The van der Waals surface area contributed by atoms with Crippen LogP contribution >= 0.6 is 0 Å². The molecule has 6 nitrogen and oxygen atoms in total. The molecule has 0 atom stereocenters. The third-order valence-electron chi connectivity index (χ3n) is 2.67. The summed E-state index contributed by atoms with van der Waals surface area (Å²) < 4.78 is 0. The van der Waals surface area contributed by atoms with Crippen LogP contribution < -0.4 is 21.9 Å². The Morgan fingerprint density at radius 2 is 1.90 bits per heavy atom. The van der Waals surface area contributed by atoms with E-state index in [0.29, 0.717) is 30.3 Å². The number of carbonyl (C=O) groups excluding carboxylic acids is 2. The van der Waals surface area contributed by atoms with Crippen LogP contribution in [-0.4, -0.2) is 24.9 Å². The molecule has 110 valence electrons. The van der Waals surface area contributed by atoms with Gasteiger partial charge in [-0.15, -0.1) is 0 Å². The molecule has 0 saturated heterocycles. The highest BCUT2D eigenvalue weighted by Gasteiger charge is 2.10. The molecule has 1 aromatic rings. The predicted octanol–water partition coefficient (Wildman–Crippen LogP) is 0.864. The number of nitrogens with two attached hydrogens (primary N) is 1. The first-order valence-electron chi connectivity index (χ1n) is 6.65. The van der Waals surface area contributed by atoms with E-state index in [1.54, 1.807) is 24.3 Å². The standard InChI is InChI=1S/C14H22N4O2/c1-10(2)9-17-13(19)7-8-16-14(20)11-5-3-4-6-12(11)18-15/h3-6,10,18H,7-9,15H2,1-2H3,(H,16,20)(H,17,19). The van der Waals surface area contributed by atoms with E-state index < -0.39 is 0 Å². The van der Waals surface area contributed by atoms with Crippen molar-refractivity contribution < 1.29 is 9.59 Å². The SMILES string of the molecule is CC(C)CNC(=O)CCNC(=O)c1ccccc1NN. The summed E-state index contributed by atoms with van der Waals surface area (Å²) in [5.41, 5.74) is 3.47. The van der Waals surface area contributed by atoms with Crippen molar-refractivity contribution in [2.24, 2.45) is 11.8 Å². The fourth-order valence-electron chi connectivity index (χ4n) is 1.60. The zero-order valence-corrected chi connectivity index (χ0v) is 11.9. The summed E-state index contributed by atoms with van der Waals surface area (Å²) in [5.74, 6) is 5.43. The lowest BCUT2D eigenvalue weighted by Gasteiger charge is -2.10. The van der Waals surface area contributed by atoms with E-state index in [9.17, 15) is 9.59 Å². The van der Waals surface area contributed by atoms with Gasteiger partial charge in [-0.25, -0.2) is 0 Å². The van der Waals surface area contributed by atoms with Crippen LogP contribution in [0.3, 0.4) is 0 Å². The molecule has 20 heavy (non-hydrogen) atoms. The van der Waals surface area contributed by atoms with Crippen molar-refractivity contribution in [1.82, 2.24) is 10.6 Å². The molecule has 6 heteroatoms. The average molecular weight is 278 g/mol. The second-order valence-electron chi connectivity index (χ2n) is 4.89. The van der Waals surface area contributed by atoms with E-state index in [2.05, 4.69) is 16.1 Å². The zero-order valence-electron chi connectivity index (χ0n) is 11.9. The molecule has 0 fully saturated rings. The van der Waals surface area contributed by atoms with Gasteiger partial charge < -0.3 is 16.1 Å². The molecular weight excluding hydrogens is 256 g/mol. The van der Waals surface area contributed by atoms with Crippen molar-refractivity contribution in [3.05, 3.63) is 29.8 Å². The molecule has 0 aliphatic carbocycles. The van der Waals surface area contributed by atoms with Gasteiger partial charge in [0, 0.05) is 19.5 Å². The summed E-state index contributed by atoms with van der Waals surface area (Å²) in [7, 11) is 0. The number of hydrogen-bond donors (Lipinski definition) is 4. The molecule has 5 N–H and O–H groups in total. The second-order valence-corrected chi connectivity index (χ2v) is 4.89. The molecular formula is C14H22N4O2. The second kappa shape index (κ2) is 8.16. The first-order valence-corrected chi connectivity index (χ1v) is 6.65. The molecule has 0 aliphatic heterocycles. The summed E-state index contributed by atoms with van der Waals surface area (Å²) in [6.07, 6.45) is 0.261. The summed E-state index contributed by atoms with van der Waals surface area (Å²) in [4.78, 5) is 23.4. The Labute approximate surface area is 119 Å². The first kappa shape index (κ1) is 16.0. The number of nitrogen functional groups attached to an aromatic ring is 1. The van der Waals surface area contributed by atoms with Crippen LogP contribution in [0.15, 0.2) is 24.3 Å². The number of rotatable bonds is 7. The Hall–Kier alpha value is -2.08. The van der Waals surface area contributed by atoms with E-state index in [1.165, 1.54) is 0 Å². The average Bonchev–Trinajstić information content (AvgIpc) is 2.44. The van der Waals surface area contributed by atoms with Gasteiger partial charge in [0.05, 0.1) is 11.3 Å². The highest BCUT2D eigenvalue weighted by atomic mass is 16.2. The molecule has 2 amide bonds. The Balaban J connectivity index is 2.38. The molecule has 0 aliphatic rings. The predicted molar refractivity (Wildman–Crippen MR) is 79.1 cm³/mol. The van der Waals surface area contributed by atoms with E-state index in [1.807, 2.05) is 13.8 Å². The number of hydrazine groups is 1. The minimum atomic E-state index is -0.254. The van der Waals surface area contributed by atoms with Gasteiger partial charge in [0.25, 0.3) is 5.91 Å². The number of amides is 2. The number of nitrogens with one attached hydrogen (secondary N) is 3.